The van der Waals surface area contributed by atoms with E-state index in [-0.39, 0.29) is 4.90 Å². The molecule has 1 fully saturated rings. The molecule has 0 aliphatic carbocycles. The monoisotopic (exact) mass is 340 g/mol. The van der Waals surface area contributed by atoms with Gasteiger partial charge in [-0.3, -0.25) is 4.68 Å². The third-order valence-electron chi connectivity index (χ3n) is 3.92. The molecule has 0 amide bonds. The summed E-state index contributed by atoms with van der Waals surface area (Å²) in [4.78, 5) is 1.59. The van der Waals surface area contributed by atoms with Gasteiger partial charge >= 0.3 is 0 Å². The summed E-state index contributed by atoms with van der Waals surface area (Å²) in [6, 6.07) is 4.53. The van der Waals surface area contributed by atoms with E-state index < -0.39 is 10.0 Å². The van der Waals surface area contributed by atoms with E-state index >= 15 is 0 Å². The van der Waals surface area contributed by atoms with Crippen molar-refractivity contribution in [2.45, 2.75) is 30.3 Å². The number of sulfonamides is 1. The van der Waals surface area contributed by atoms with Crippen LogP contribution in [0.2, 0.25) is 0 Å². The molecule has 1 aliphatic rings. The van der Waals surface area contributed by atoms with Crippen molar-refractivity contribution in [3.8, 4) is 0 Å². The summed E-state index contributed by atoms with van der Waals surface area (Å²) in [6.45, 7) is 1.97. The summed E-state index contributed by atoms with van der Waals surface area (Å²) in [5.74, 6) is 0. The van der Waals surface area contributed by atoms with Gasteiger partial charge in [-0.05, 0) is 24.3 Å². The molecular weight excluding hydrogens is 320 g/mol. The van der Waals surface area contributed by atoms with E-state index in [1.807, 2.05) is 6.07 Å². The molecule has 0 radical (unpaired) electrons. The Balaban J connectivity index is 1.55. The molecule has 2 aromatic rings. The molecule has 0 aromatic carbocycles. The fourth-order valence-corrected chi connectivity index (χ4v) is 4.75. The van der Waals surface area contributed by atoms with Gasteiger partial charge in [0.05, 0.1) is 6.20 Å². The zero-order chi connectivity index (χ0) is 15.6. The Morgan fingerprint density at radius 2 is 2.18 bits per heavy atom. The molecule has 0 spiro atoms. The summed E-state index contributed by atoms with van der Waals surface area (Å²) in [7, 11) is -1.68. The number of rotatable bonds is 5. The maximum atomic E-state index is 12.5. The number of piperidine rings is 1. The van der Waals surface area contributed by atoms with Crippen molar-refractivity contribution in [2.24, 2.45) is 7.05 Å². The van der Waals surface area contributed by atoms with Gasteiger partial charge in [0.15, 0.2) is 0 Å². The number of nitrogens with zero attached hydrogens (tertiary/aromatic N) is 3. The molecular formula is C14H20N4O2S2. The summed E-state index contributed by atoms with van der Waals surface area (Å²) in [5, 5.41) is 9.53. The van der Waals surface area contributed by atoms with Gasteiger partial charge < -0.3 is 5.32 Å². The van der Waals surface area contributed by atoms with E-state index in [2.05, 4.69) is 21.9 Å². The molecule has 22 heavy (non-hydrogen) atoms. The maximum absolute atomic E-state index is 12.5. The Labute approximate surface area is 134 Å². The van der Waals surface area contributed by atoms with E-state index in [1.54, 1.807) is 28.9 Å². The first-order valence-corrected chi connectivity index (χ1v) is 9.62. The fraction of sp³-hybridized carbons (Fsp3) is 0.500. The van der Waals surface area contributed by atoms with Gasteiger partial charge in [-0.25, -0.2) is 8.42 Å². The molecule has 120 valence electrons. The molecule has 1 N–H and O–H groups in total. The minimum Gasteiger partial charge on any atom is -0.309 e. The number of aromatic nitrogens is 2. The Kier molecular flexibility index (Phi) is 4.62. The lowest BCUT2D eigenvalue weighted by Crippen LogP contribution is -2.44. The van der Waals surface area contributed by atoms with Crippen LogP contribution >= 0.6 is 11.3 Å². The van der Waals surface area contributed by atoms with Gasteiger partial charge in [-0.1, -0.05) is 6.07 Å². The zero-order valence-corrected chi connectivity index (χ0v) is 14.1. The van der Waals surface area contributed by atoms with Crippen molar-refractivity contribution in [3.63, 3.8) is 0 Å². The quantitative estimate of drug-likeness (QED) is 0.894. The van der Waals surface area contributed by atoms with Crippen molar-refractivity contribution in [1.82, 2.24) is 19.4 Å². The molecule has 1 saturated heterocycles. The van der Waals surface area contributed by atoms with E-state index in [0.29, 0.717) is 19.1 Å². The molecule has 0 unspecified atom stereocenters. The lowest BCUT2D eigenvalue weighted by atomic mass is 10.1. The molecule has 2 aromatic heterocycles. The van der Waals surface area contributed by atoms with E-state index in [0.717, 1.165) is 19.4 Å². The van der Waals surface area contributed by atoms with Crippen molar-refractivity contribution < 1.29 is 8.42 Å². The van der Waals surface area contributed by atoms with Gasteiger partial charge in [0.1, 0.15) is 4.90 Å². The van der Waals surface area contributed by atoms with E-state index in [9.17, 15) is 8.42 Å². The first-order valence-electron chi connectivity index (χ1n) is 7.30. The first-order chi connectivity index (χ1) is 10.6. The average Bonchev–Trinajstić information content (AvgIpc) is 3.17. The maximum Gasteiger partial charge on any atom is 0.246 e. The highest BCUT2D eigenvalue weighted by Gasteiger charge is 2.30. The summed E-state index contributed by atoms with van der Waals surface area (Å²) < 4.78 is 28.1. The highest BCUT2D eigenvalue weighted by atomic mass is 32.2. The van der Waals surface area contributed by atoms with Crippen LogP contribution in [0.4, 0.5) is 0 Å². The summed E-state index contributed by atoms with van der Waals surface area (Å²) >= 11 is 1.74. The molecule has 1 aliphatic heterocycles. The molecule has 3 heterocycles. The molecule has 6 nitrogen and oxygen atoms in total. The van der Waals surface area contributed by atoms with Crippen molar-refractivity contribution >= 4 is 21.4 Å². The topological polar surface area (TPSA) is 67.2 Å². The normalized spacial score (nSPS) is 17.9. The van der Waals surface area contributed by atoms with E-state index in [4.69, 9.17) is 0 Å². The predicted octanol–water partition coefficient (Wildman–Crippen LogP) is 1.42. The Morgan fingerprint density at radius 1 is 1.41 bits per heavy atom. The lowest BCUT2D eigenvalue weighted by Gasteiger charge is -2.31. The second-order valence-electron chi connectivity index (χ2n) is 5.49. The smallest absolute Gasteiger partial charge is 0.246 e. The number of hydrogen-bond donors (Lipinski definition) is 1. The average molecular weight is 340 g/mol. The van der Waals surface area contributed by atoms with Crippen LogP contribution in [0.1, 0.15) is 17.7 Å². The Hall–Kier alpha value is -1.22. The highest BCUT2D eigenvalue weighted by Crippen LogP contribution is 2.20. The number of nitrogens with one attached hydrogen (secondary N) is 1. The van der Waals surface area contributed by atoms with Crippen molar-refractivity contribution in [3.05, 3.63) is 34.8 Å². The standard InChI is InChI=1S/C14H20N4O2S2/c1-17-11-14(10-16-17)22(19,20)18-6-4-12(5-7-18)15-9-13-3-2-8-21-13/h2-3,8,10-12,15H,4-7,9H2,1H3. The summed E-state index contributed by atoms with van der Waals surface area (Å²) in [5.41, 5.74) is 0. The lowest BCUT2D eigenvalue weighted by molar-refractivity contribution is 0.289. The first kappa shape index (κ1) is 15.7. The third kappa shape index (κ3) is 3.40. The molecule has 0 saturated carbocycles. The van der Waals surface area contributed by atoms with Crippen LogP contribution in [0.15, 0.2) is 34.8 Å². The number of hydrogen-bond acceptors (Lipinski definition) is 5. The predicted molar refractivity (Wildman–Crippen MR) is 86.1 cm³/mol. The minimum atomic E-state index is -3.40. The fourth-order valence-electron chi connectivity index (χ4n) is 2.64. The van der Waals surface area contributed by atoms with Crippen LogP contribution in [-0.4, -0.2) is 41.6 Å². The summed E-state index contributed by atoms with van der Waals surface area (Å²) in [6.07, 6.45) is 4.64. The largest absolute Gasteiger partial charge is 0.309 e. The van der Waals surface area contributed by atoms with Crippen LogP contribution in [0.3, 0.4) is 0 Å². The molecule has 0 bridgehead atoms. The van der Waals surface area contributed by atoms with Crippen LogP contribution < -0.4 is 5.32 Å². The zero-order valence-electron chi connectivity index (χ0n) is 12.5. The van der Waals surface area contributed by atoms with Gasteiger partial charge in [0.2, 0.25) is 10.0 Å². The van der Waals surface area contributed by atoms with Crippen LogP contribution in [0.5, 0.6) is 0 Å². The van der Waals surface area contributed by atoms with Crippen LogP contribution in [0.25, 0.3) is 0 Å². The second-order valence-corrected chi connectivity index (χ2v) is 8.46. The van der Waals surface area contributed by atoms with Gasteiger partial charge in [-0.2, -0.15) is 9.40 Å². The third-order valence-corrected chi connectivity index (χ3v) is 6.65. The highest BCUT2D eigenvalue weighted by molar-refractivity contribution is 7.89. The van der Waals surface area contributed by atoms with Gasteiger partial charge in [0.25, 0.3) is 0 Å². The van der Waals surface area contributed by atoms with E-state index in [1.165, 1.54) is 15.8 Å². The SMILES string of the molecule is Cn1cc(S(=O)(=O)N2CCC(NCc3cccs3)CC2)cn1. The van der Waals surface area contributed by atoms with Gasteiger partial charge in [-0.15, -0.1) is 11.3 Å². The number of aryl methyl sites for hydroxylation is 1. The van der Waals surface area contributed by atoms with Crippen molar-refractivity contribution in [1.29, 1.82) is 0 Å². The van der Waals surface area contributed by atoms with Crippen LogP contribution in [-0.2, 0) is 23.6 Å². The molecule has 3 rings (SSSR count). The molecule has 8 heteroatoms. The number of thiophene rings is 1. The Morgan fingerprint density at radius 3 is 2.77 bits per heavy atom. The van der Waals surface area contributed by atoms with Crippen LogP contribution in [0, 0.1) is 0 Å². The second kappa shape index (κ2) is 6.49. The van der Waals surface area contributed by atoms with Crippen molar-refractivity contribution in [2.75, 3.05) is 13.1 Å². The van der Waals surface area contributed by atoms with Gasteiger partial charge in [0, 0.05) is 43.8 Å². The Bertz CT molecular complexity index is 701. The minimum absolute atomic E-state index is 0.278. The molecule has 0 atom stereocenters.